The van der Waals surface area contributed by atoms with Crippen molar-refractivity contribution in [1.29, 1.82) is 0 Å². The molecular formula is C17H18N2O3. The minimum Gasteiger partial charge on any atom is -0.495 e. The summed E-state index contributed by atoms with van der Waals surface area (Å²) in [6.07, 6.45) is 0. The summed E-state index contributed by atoms with van der Waals surface area (Å²) in [6.45, 7) is 1.80. The van der Waals surface area contributed by atoms with Crippen LogP contribution in [0.5, 0.6) is 5.75 Å². The lowest BCUT2D eigenvalue weighted by atomic mass is 10.1. The molecule has 0 saturated carbocycles. The molecule has 0 unspecified atom stereocenters. The minimum absolute atomic E-state index is 0.106. The maximum Gasteiger partial charge on any atom is 0.251 e. The Morgan fingerprint density at radius 3 is 2.59 bits per heavy atom. The van der Waals surface area contributed by atoms with E-state index in [1.165, 1.54) is 7.11 Å². The molecule has 22 heavy (non-hydrogen) atoms. The van der Waals surface area contributed by atoms with Gasteiger partial charge in [0.1, 0.15) is 5.75 Å². The van der Waals surface area contributed by atoms with Gasteiger partial charge in [-0.2, -0.15) is 0 Å². The van der Waals surface area contributed by atoms with Crippen molar-refractivity contribution in [2.24, 2.45) is 0 Å². The van der Waals surface area contributed by atoms with Gasteiger partial charge in [-0.1, -0.05) is 29.8 Å². The largest absolute Gasteiger partial charge is 0.495 e. The molecule has 0 radical (unpaired) electrons. The molecule has 0 aromatic heterocycles. The SMILES string of the molecule is COc1ccccc1NC(=O)CNC(=O)c1cccc(C)c1. The molecule has 5 nitrogen and oxygen atoms in total. The van der Waals surface area contributed by atoms with Crippen LogP contribution in [0, 0.1) is 6.92 Å². The van der Waals surface area contributed by atoms with Crippen molar-refractivity contribution >= 4 is 17.5 Å². The van der Waals surface area contributed by atoms with Crippen molar-refractivity contribution < 1.29 is 14.3 Å². The third kappa shape index (κ3) is 4.09. The molecule has 0 aliphatic carbocycles. The standard InChI is InChI=1S/C17H18N2O3/c1-12-6-5-7-13(10-12)17(21)18-11-16(20)19-14-8-3-4-9-15(14)22-2/h3-10H,11H2,1-2H3,(H,18,21)(H,19,20). The van der Waals surface area contributed by atoms with E-state index >= 15 is 0 Å². The van der Waals surface area contributed by atoms with E-state index in [1.54, 1.807) is 36.4 Å². The Morgan fingerprint density at radius 2 is 1.86 bits per heavy atom. The van der Waals surface area contributed by atoms with Gasteiger partial charge in [-0.15, -0.1) is 0 Å². The second-order valence-electron chi connectivity index (χ2n) is 4.80. The van der Waals surface area contributed by atoms with Gasteiger partial charge in [0, 0.05) is 5.56 Å². The molecule has 114 valence electrons. The quantitative estimate of drug-likeness (QED) is 0.890. The second-order valence-corrected chi connectivity index (χ2v) is 4.80. The normalized spacial score (nSPS) is 9.91. The van der Waals surface area contributed by atoms with E-state index in [4.69, 9.17) is 4.74 Å². The average Bonchev–Trinajstić information content (AvgIpc) is 2.53. The molecule has 2 amide bonds. The monoisotopic (exact) mass is 298 g/mol. The summed E-state index contributed by atoms with van der Waals surface area (Å²) in [6, 6.07) is 14.3. The van der Waals surface area contributed by atoms with E-state index in [1.807, 2.05) is 19.1 Å². The predicted octanol–water partition coefficient (Wildman–Crippen LogP) is 2.37. The first kappa shape index (κ1) is 15.6. The number of methoxy groups -OCH3 is 1. The molecule has 0 aliphatic heterocycles. The number of carbonyl (C=O) groups is 2. The predicted molar refractivity (Wildman–Crippen MR) is 85.1 cm³/mol. The molecule has 2 N–H and O–H groups in total. The van der Waals surface area contributed by atoms with Crippen LogP contribution in [0.2, 0.25) is 0 Å². The molecule has 0 fully saturated rings. The van der Waals surface area contributed by atoms with Gasteiger partial charge in [0.15, 0.2) is 0 Å². The number of amides is 2. The Balaban J connectivity index is 1.91. The molecule has 0 aliphatic rings. The van der Waals surface area contributed by atoms with Crippen molar-refractivity contribution in [3.63, 3.8) is 0 Å². The molecule has 5 heteroatoms. The highest BCUT2D eigenvalue weighted by molar-refractivity contribution is 5.99. The summed E-state index contributed by atoms with van der Waals surface area (Å²) in [5, 5.41) is 5.29. The Labute approximate surface area is 129 Å². The number of anilines is 1. The summed E-state index contributed by atoms with van der Waals surface area (Å²) >= 11 is 0. The zero-order chi connectivity index (χ0) is 15.9. The number of benzene rings is 2. The second kappa shape index (κ2) is 7.26. The van der Waals surface area contributed by atoms with Gasteiger partial charge in [-0.3, -0.25) is 9.59 Å². The van der Waals surface area contributed by atoms with Crippen LogP contribution in [0.1, 0.15) is 15.9 Å². The Hall–Kier alpha value is -2.82. The first-order valence-electron chi connectivity index (χ1n) is 6.88. The third-order valence-corrected chi connectivity index (χ3v) is 3.07. The number of carbonyl (C=O) groups excluding carboxylic acids is 2. The number of hydrogen-bond donors (Lipinski definition) is 2. The van der Waals surface area contributed by atoms with Crippen molar-refractivity contribution in [1.82, 2.24) is 5.32 Å². The Morgan fingerprint density at radius 1 is 1.09 bits per heavy atom. The Kier molecular flexibility index (Phi) is 5.14. The molecule has 0 heterocycles. The van der Waals surface area contributed by atoms with Crippen LogP contribution < -0.4 is 15.4 Å². The Bertz CT molecular complexity index is 683. The van der Waals surface area contributed by atoms with Crippen LogP contribution in [-0.4, -0.2) is 25.5 Å². The number of nitrogens with one attached hydrogen (secondary N) is 2. The lowest BCUT2D eigenvalue weighted by molar-refractivity contribution is -0.115. The lowest BCUT2D eigenvalue weighted by Gasteiger charge is -2.10. The van der Waals surface area contributed by atoms with Crippen molar-refractivity contribution in [2.75, 3.05) is 19.0 Å². The van der Waals surface area contributed by atoms with E-state index in [-0.39, 0.29) is 18.4 Å². The average molecular weight is 298 g/mol. The fraction of sp³-hybridized carbons (Fsp3) is 0.176. The number of hydrogen-bond acceptors (Lipinski definition) is 3. The van der Waals surface area contributed by atoms with Crippen molar-refractivity contribution in [3.05, 3.63) is 59.7 Å². The number of ether oxygens (including phenoxy) is 1. The minimum atomic E-state index is -0.314. The van der Waals surface area contributed by atoms with E-state index in [9.17, 15) is 9.59 Å². The first-order valence-corrected chi connectivity index (χ1v) is 6.88. The molecule has 2 aromatic carbocycles. The topological polar surface area (TPSA) is 67.4 Å². The van der Waals surface area contributed by atoms with Gasteiger partial charge in [0.2, 0.25) is 5.91 Å². The first-order chi connectivity index (χ1) is 10.6. The van der Waals surface area contributed by atoms with E-state index in [0.29, 0.717) is 17.0 Å². The van der Waals surface area contributed by atoms with Crippen LogP contribution in [0.4, 0.5) is 5.69 Å². The summed E-state index contributed by atoms with van der Waals surface area (Å²) in [7, 11) is 1.53. The van der Waals surface area contributed by atoms with Crippen molar-refractivity contribution in [2.45, 2.75) is 6.92 Å². The highest BCUT2D eigenvalue weighted by atomic mass is 16.5. The van der Waals surface area contributed by atoms with Gasteiger partial charge < -0.3 is 15.4 Å². The van der Waals surface area contributed by atoms with Gasteiger partial charge in [0.25, 0.3) is 5.91 Å². The number of rotatable bonds is 5. The van der Waals surface area contributed by atoms with Gasteiger partial charge in [0.05, 0.1) is 19.3 Å². The molecule has 0 spiro atoms. The van der Waals surface area contributed by atoms with Gasteiger partial charge in [-0.05, 0) is 31.2 Å². The molecule has 2 aromatic rings. The van der Waals surface area contributed by atoms with E-state index < -0.39 is 0 Å². The molecule has 0 atom stereocenters. The van der Waals surface area contributed by atoms with Crippen LogP contribution in [0.3, 0.4) is 0 Å². The van der Waals surface area contributed by atoms with E-state index in [0.717, 1.165) is 5.56 Å². The van der Waals surface area contributed by atoms with Gasteiger partial charge in [-0.25, -0.2) is 0 Å². The molecule has 0 saturated heterocycles. The summed E-state index contributed by atoms with van der Waals surface area (Å²) < 4.78 is 5.15. The summed E-state index contributed by atoms with van der Waals surface area (Å²) in [4.78, 5) is 23.9. The zero-order valence-corrected chi connectivity index (χ0v) is 12.6. The van der Waals surface area contributed by atoms with Crippen LogP contribution in [0.25, 0.3) is 0 Å². The number of aryl methyl sites for hydroxylation is 1. The van der Waals surface area contributed by atoms with E-state index in [2.05, 4.69) is 10.6 Å². The highest BCUT2D eigenvalue weighted by Crippen LogP contribution is 2.22. The van der Waals surface area contributed by atoms with Crippen LogP contribution >= 0.6 is 0 Å². The smallest absolute Gasteiger partial charge is 0.251 e. The molecular weight excluding hydrogens is 280 g/mol. The van der Waals surface area contributed by atoms with Gasteiger partial charge >= 0.3 is 0 Å². The fourth-order valence-electron chi connectivity index (χ4n) is 1.99. The molecule has 0 bridgehead atoms. The highest BCUT2D eigenvalue weighted by Gasteiger charge is 2.10. The fourth-order valence-corrected chi connectivity index (χ4v) is 1.99. The van der Waals surface area contributed by atoms with Crippen LogP contribution in [-0.2, 0) is 4.79 Å². The lowest BCUT2D eigenvalue weighted by Crippen LogP contribution is -2.32. The maximum absolute atomic E-state index is 12.0. The van der Waals surface area contributed by atoms with Crippen molar-refractivity contribution in [3.8, 4) is 5.75 Å². The maximum atomic E-state index is 12.0. The van der Waals surface area contributed by atoms with Crippen LogP contribution in [0.15, 0.2) is 48.5 Å². The molecule has 2 rings (SSSR count). The summed E-state index contributed by atoms with van der Waals surface area (Å²) in [5.41, 5.74) is 2.09. The third-order valence-electron chi connectivity index (χ3n) is 3.07. The summed E-state index contributed by atoms with van der Waals surface area (Å²) in [5.74, 6) is -0.0229. The zero-order valence-electron chi connectivity index (χ0n) is 12.6. The number of para-hydroxylation sites is 2.